The number of unbranched alkanes of at least 4 members (excludes halogenated alkanes) is 3. The van der Waals surface area contributed by atoms with Gasteiger partial charge < -0.3 is 25.5 Å². The number of hydrogen-bond acceptors (Lipinski definition) is 5. The van der Waals surface area contributed by atoms with E-state index in [0.717, 1.165) is 63.8 Å². The third-order valence-corrected chi connectivity index (χ3v) is 6.64. The number of aromatic hydroxyl groups is 3. The first-order valence-corrected chi connectivity index (χ1v) is 12.3. The minimum atomic E-state index is 0.00228. The molecule has 0 spiro atoms. The van der Waals surface area contributed by atoms with Crippen molar-refractivity contribution in [2.24, 2.45) is 0 Å². The summed E-state index contributed by atoms with van der Waals surface area (Å²) in [5.41, 5.74) is 3.38. The van der Waals surface area contributed by atoms with Crippen LogP contribution in [0.4, 0.5) is 0 Å². The number of benzene rings is 2. The van der Waals surface area contributed by atoms with Gasteiger partial charge in [0.05, 0.1) is 0 Å². The standard InChI is InChI=1S/C27H40N2O3/c1-2-18-29(23-10-13-25-22(20-23)9-14-26(31)27(25)32)19-6-4-3-5-16-28-17-15-21-7-11-24(30)12-8-21/h7-9,11-12,14,23,28,30-32H,2-6,10,13,15-20H2,1H3. The summed E-state index contributed by atoms with van der Waals surface area (Å²) in [4.78, 5) is 2.64. The molecule has 0 fully saturated rings. The van der Waals surface area contributed by atoms with Crippen molar-refractivity contribution in [2.45, 2.75) is 70.8 Å². The normalized spacial score (nSPS) is 15.8. The molecule has 0 heterocycles. The van der Waals surface area contributed by atoms with E-state index in [-0.39, 0.29) is 11.5 Å². The number of phenols is 3. The number of nitrogens with zero attached hydrogens (tertiary/aromatic N) is 1. The van der Waals surface area contributed by atoms with Crippen molar-refractivity contribution in [3.05, 3.63) is 53.1 Å². The molecule has 3 rings (SSSR count). The minimum Gasteiger partial charge on any atom is -0.508 e. The molecule has 0 amide bonds. The van der Waals surface area contributed by atoms with Gasteiger partial charge in [0.25, 0.3) is 0 Å². The van der Waals surface area contributed by atoms with Crippen molar-refractivity contribution in [2.75, 3.05) is 26.2 Å². The van der Waals surface area contributed by atoms with Crippen LogP contribution >= 0.6 is 0 Å². The lowest BCUT2D eigenvalue weighted by Crippen LogP contribution is -2.40. The maximum atomic E-state index is 10.1. The lowest BCUT2D eigenvalue weighted by Gasteiger charge is -2.35. The van der Waals surface area contributed by atoms with Crippen molar-refractivity contribution in [3.63, 3.8) is 0 Å². The molecular weight excluding hydrogens is 400 g/mol. The second kappa shape index (κ2) is 12.7. The summed E-state index contributed by atoms with van der Waals surface area (Å²) in [6, 6.07) is 11.6. The minimum absolute atomic E-state index is 0.00228. The largest absolute Gasteiger partial charge is 0.508 e. The van der Waals surface area contributed by atoms with Gasteiger partial charge in [-0.25, -0.2) is 0 Å². The quantitative estimate of drug-likeness (QED) is 0.267. The summed E-state index contributed by atoms with van der Waals surface area (Å²) >= 11 is 0. The molecule has 1 atom stereocenters. The van der Waals surface area contributed by atoms with Crippen LogP contribution in [0.1, 0.15) is 62.1 Å². The number of nitrogens with one attached hydrogen (secondary N) is 1. The highest BCUT2D eigenvalue weighted by molar-refractivity contribution is 5.50. The molecule has 2 aromatic rings. The highest BCUT2D eigenvalue weighted by Crippen LogP contribution is 2.36. The second-order valence-corrected chi connectivity index (χ2v) is 9.08. The predicted molar refractivity (Wildman–Crippen MR) is 131 cm³/mol. The first-order chi connectivity index (χ1) is 15.6. The zero-order valence-corrected chi connectivity index (χ0v) is 19.5. The van der Waals surface area contributed by atoms with Crippen molar-refractivity contribution in [3.8, 4) is 17.2 Å². The van der Waals surface area contributed by atoms with Gasteiger partial charge >= 0.3 is 0 Å². The summed E-state index contributed by atoms with van der Waals surface area (Å²) in [6.07, 6.45) is 9.98. The lowest BCUT2D eigenvalue weighted by molar-refractivity contribution is 0.175. The molecule has 0 bridgehead atoms. The SMILES string of the molecule is CCCN(CCCCCCNCCc1ccc(O)cc1)C1CCc2c(ccc(O)c2O)C1. The van der Waals surface area contributed by atoms with Gasteiger partial charge in [-0.3, -0.25) is 0 Å². The zero-order valence-electron chi connectivity index (χ0n) is 19.5. The first kappa shape index (κ1) is 24.4. The molecule has 0 saturated carbocycles. The van der Waals surface area contributed by atoms with Crippen molar-refractivity contribution >= 4 is 0 Å². The molecule has 0 saturated heterocycles. The molecule has 1 unspecified atom stereocenters. The van der Waals surface area contributed by atoms with Crippen LogP contribution in [0.15, 0.2) is 36.4 Å². The number of rotatable bonds is 13. The summed E-state index contributed by atoms with van der Waals surface area (Å²) in [6.45, 7) is 6.56. The highest BCUT2D eigenvalue weighted by Gasteiger charge is 2.26. The Kier molecular flexibility index (Phi) is 9.69. The zero-order chi connectivity index (χ0) is 22.8. The van der Waals surface area contributed by atoms with Gasteiger partial charge in [0.1, 0.15) is 5.75 Å². The molecule has 176 valence electrons. The summed E-state index contributed by atoms with van der Waals surface area (Å²) in [5.74, 6) is 0.411. The Balaban J connectivity index is 1.30. The van der Waals surface area contributed by atoms with Gasteiger partial charge in [-0.2, -0.15) is 0 Å². The smallest absolute Gasteiger partial charge is 0.160 e. The number of fused-ring (bicyclic) bond motifs is 1. The molecule has 0 aliphatic heterocycles. The monoisotopic (exact) mass is 440 g/mol. The van der Waals surface area contributed by atoms with Crippen LogP contribution in [-0.4, -0.2) is 52.4 Å². The van der Waals surface area contributed by atoms with Gasteiger partial charge in [-0.15, -0.1) is 0 Å². The average Bonchev–Trinajstić information content (AvgIpc) is 2.80. The van der Waals surface area contributed by atoms with Gasteiger partial charge in [0.15, 0.2) is 11.5 Å². The van der Waals surface area contributed by atoms with E-state index in [0.29, 0.717) is 11.8 Å². The van der Waals surface area contributed by atoms with Crippen molar-refractivity contribution < 1.29 is 15.3 Å². The summed E-state index contributed by atoms with van der Waals surface area (Å²) in [5, 5.41) is 32.8. The number of phenolic OH excluding ortho intramolecular Hbond substituents is 3. The van der Waals surface area contributed by atoms with Crippen LogP contribution in [0.25, 0.3) is 0 Å². The van der Waals surface area contributed by atoms with E-state index in [9.17, 15) is 15.3 Å². The Hall–Kier alpha value is -2.24. The third-order valence-electron chi connectivity index (χ3n) is 6.64. The summed E-state index contributed by atoms with van der Waals surface area (Å²) in [7, 11) is 0. The Labute approximate surface area is 193 Å². The van der Waals surface area contributed by atoms with Crippen molar-refractivity contribution in [1.82, 2.24) is 10.2 Å². The number of hydrogen-bond donors (Lipinski definition) is 4. The molecule has 0 aromatic heterocycles. The maximum Gasteiger partial charge on any atom is 0.160 e. The Morgan fingerprint density at radius 3 is 2.47 bits per heavy atom. The molecule has 32 heavy (non-hydrogen) atoms. The molecule has 0 radical (unpaired) electrons. The van der Waals surface area contributed by atoms with Crippen LogP contribution < -0.4 is 5.32 Å². The van der Waals surface area contributed by atoms with E-state index in [1.165, 1.54) is 36.8 Å². The van der Waals surface area contributed by atoms with Gasteiger partial charge in [0, 0.05) is 11.6 Å². The topological polar surface area (TPSA) is 76.0 Å². The fraction of sp³-hybridized carbons (Fsp3) is 0.556. The molecule has 5 nitrogen and oxygen atoms in total. The first-order valence-electron chi connectivity index (χ1n) is 12.3. The third kappa shape index (κ3) is 7.14. The molecule has 4 N–H and O–H groups in total. The highest BCUT2D eigenvalue weighted by atomic mass is 16.3. The van der Waals surface area contributed by atoms with Crippen LogP contribution in [0.3, 0.4) is 0 Å². The summed E-state index contributed by atoms with van der Waals surface area (Å²) < 4.78 is 0. The van der Waals surface area contributed by atoms with E-state index in [1.807, 2.05) is 18.2 Å². The van der Waals surface area contributed by atoms with E-state index in [1.54, 1.807) is 18.2 Å². The molecular formula is C27H40N2O3. The van der Waals surface area contributed by atoms with Gasteiger partial charge in [-0.05, 0) is 100 Å². The van der Waals surface area contributed by atoms with Crippen LogP contribution in [0.5, 0.6) is 17.2 Å². The van der Waals surface area contributed by atoms with Crippen molar-refractivity contribution in [1.29, 1.82) is 0 Å². The van der Waals surface area contributed by atoms with E-state index < -0.39 is 0 Å². The molecule has 1 aliphatic rings. The molecule has 2 aromatic carbocycles. The maximum absolute atomic E-state index is 10.1. The van der Waals surface area contributed by atoms with Gasteiger partial charge in [0.2, 0.25) is 0 Å². The second-order valence-electron chi connectivity index (χ2n) is 9.08. The van der Waals surface area contributed by atoms with Crippen LogP contribution in [0, 0.1) is 0 Å². The predicted octanol–water partition coefficient (Wildman–Crippen LogP) is 4.77. The van der Waals surface area contributed by atoms with Gasteiger partial charge in [-0.1, -0.05) is 38.0 Å². The van der Waals surface area contributed by atoms with E-state index >= 15 is 0 Å². The fourth-order valence-corrected chi connectivity index (χ4v) is 4.82. The van der Waals surface area contributed by atoms with Crippen LogP contribution in [0.2, 0.25) is 0 Å². The van der Waals surface area contributed by atoms with E-state index in [2.05, 4.69) is 17.1 Å². The lowest BCUT2D eigenvalue weighted by atomic mass is 9.86. The average molecular weight is 441 g/mol. The molecule has 1 aliphatic carbocycles. The molecule has 5 heteroatoms. The fourth-order valence-electron chi connectivity index (χ4n) is 4.82. The Bertz CT molecular complexity index is 822. The Morgan fingerprint density at radius 2 is 1.69 bits per heavy atom. The van der Waals surface area contributed by atoms with Crippen LogP contribution in [-0.2, 0) is 19.3 Å². The van der Waals surface area contributed by atoms with E-state index in [4.69, 9.17) is 0 Å². The Morgan fingerprint density at radius 1 is 0.906 bits per heavy atom.